The van der Waals surface area contributed by atoms with Gasteiger partial charge in [-0.3, -0.25) is 9.78 Å². The normalized spacial score (nSPS) is 12.3. The predicted molar refractivity (Wildman–Crippen MR) is 117 cm³/mol. The van der Waals surface area contributed by atoms with Gasteiger partial charge in [-0.25, -0.2) is 0 Å². The number of pyridine rings is 2. The molecule has 4 aromatic rings. The summed E-state index contributed by atoms with van der Waals surface area (Å²) in [6.45, 7) is 0. The van der Waals surface area contributed by atoms with Gasteiger partial charge in [0.1, 0.15) is 5.38 Å². The van der Waals surface area contributed by atoms with Gasteiger partial charge in [0.15, 0.2) is 0 Å². The zero-order chi connectivity index (χ0) is 19.8. The van der Waals surface area contributed by atoms with Crippen molar-refractivity contribution < 1.29 is 0 Å². The SMILES string of the molecule is Cn1c(=O)cc(-c2cccc(Cl)c2)c2cc(C(Cl)c3ccc(Cl)cc3)ncc21. The number of aromatic nitrogens is 2. The highest BCUT2D eigenvalue weighted by Crippen LogP contribution is 2.33. The first kappa shape index (κ1) is 19.0. The molecule has 0 aliphatic carbocycles. The van der Waals surface area contributed by atoms with E-state index in [0.717, 1.165) is 27.6 Å². The maximum atomic E-state index is 12.4. The molecule has 0 saturated carbocycles. The molecule has 140 valence electrons. The zero-order valence-electron chi connectivity index (χ0n) is 14.9. The lowest BCUT2D eigenvalue weighted by molar-refractivity contribution is 0.899. The molecule has 0 amide bonds. The molecule has 3 nitrogen and oxygen atoms in total. The quantitative estimate of drug-likeness (QED) is 0.361. The lowest BCUT2D eigenvalue weighted by Crippen LogP contribution is -2.16. The highest BCUT2D eigenvalue weighted by molar-refractivity contribution is 6.31. The van der Waals surface area contributed by atoms with Gasteiger partial charge in [-0.2, -0.15) is 0 Å². The van der Waals surface area contributed by atoms with Crippen LogP contribution in [0.1, 0.15) is 16.6 Å². The first-order chi connectivity index (χ1) is 13.4. The minimum atomic E-state index is -0.439. The molecule has 6 heteroatoms. The van der Waals surface area contributed by atoms with Crippen molar-refractivity contribution in [2.75, 3.05) is 0 Å². The molecule has 28 heavy (non-hydrogen) atoms. The van der Waals surface area contributed by atoms with Crippen molar-refractivity contribution in [1.82, 2.24) is 9.55 Å². The highest BCUT2D eigenvalue weighted by atomic mass is 35.5. The first-order valence-corrected chi connectivity index (χ1v) is 9.78. The molecule has 2 heterocycles. The highest BCUT2D eigenvalue weighted by Gasteiger charge is 2.16. The fourth-order valence-electron chi connectivity index (χ4n) is 3.20. The van der Waals surface area contributed by atoms with E-state index in [9.17, 15) is 4.79 Å². The molecule has 0 aliphatic rings. The van der Waals surface area contributed by atoms with Crippen molar-refractivity contribution in [3.63, 3.8) is 0 Å². The van der Waals surface area contributed by atoms with Crippen molar-refractivity contribution in [2.24, 2.45) is 7.05 Å². The Bertz CT molecular complexity index is 1230. The Balaban J connectivity index is 1.92. The van der Waals surface area contributed by atoms with E-state index in [1.807, 2.05) is 36.4 Å². The number of aryl methyl sites for hydroxylation is 1. The van der Waals surface area contributed by atoms with Crippen LogP contribution < -0.4 is 5.56 Å². The van der Waals surface area contributed by atoms with Crippen LogP contribution in [0.2, 0.25) is 10.0 Å². The molecule has 0 radical (unpaired) electrons. The molecule has 0 spiro atoms. The van der Waals surface area contributed by atoms with Crippen LogP contribution in [-0.2, 0) is 7.05 Å². The smallest absolute Gasteiger partial charge is 0.251 e. The van der Waals surface area contributed by atoms with Gasteiger partial charge in [0, 0.05) is 28.5 Å². The van der Waals surface area contributed by atoms with E-state index in [0.29, 0.717) is 15.7 Å². The van der Waals surface area contributed by atoms with E-state index >= 15 is 0 Å². The average molecular weight is 430 g/mol. The predicted octanol–water partition coefficient (Wildman–Crippen LogP) is 6.24. The summed E-state index contributed by atoms with van der Waals surface area (Å²) in [5.74, 6) is 0. The van der Waals surface area contributed by atoms with Crippen molar-refractivity contribution in [3.05, 3.63) is 98.5 Å². The van der Waals surface area contributed by atoms with Gasteiger partial charge >= 0.3 is 0 Å². The summed E-state index contributed by atoms with van der Waals surface area (Å²) in [7, 11) is 1.73. The maximum Gasteiger partial charge on any atom is 0.251 e. The second-order valence-electron chi connectivity index (χ2n) is 6.51. The third-order valence-corrected chi connectivity index (χ3v) is 5.67. The summed E-state index contributed by atoms with van der Waals surface area (Å²) in [6.07, 6.45) is 1.69. The molecule has 0 aliphatic heterocycles. The van der Waals surface area contributed by atoms with Crippen LogP contribution >= 0.6 is 34.8 Å². The Labute approximate surface area is 177 Å². The topological polar surface area (TPSA) is 34.9 Å². The number of halogens is 3. The zero-order valence-corrected chi connectivity index (χ0v) is 17.1. The monoisotopic (exact) mass is 428 g/mol. The van der Waals surface area contributed by atoms with Crippen LogP contribution in [0.5, 0.6) is 0 Å². The van der Waals surface area contributed by atoms with Gasteiger partial charge in [-0.05, 0) is 47.0 Å². The summed E-state index contributed by atoms with van der Waals surface area (Å²) in [4.78, 5) is 17.0. The lowest BCUT2D eigenvalue weighted by Gasteiger charge is -2.14. The third kappa shape index (κ3) is 3.53. The van der Waals surface area contributed by atoms with Gasteiger partial charge in [0.2, 0.25) is 0 Å². The molecule has 0 bridgehead atoms. The van der Waals surface area contributed by atoms with Gasteiger partial charge in [-0.1, -0.05) is 47.5 Å². The fourth-order valence-corrected chi connectivity index (χ4v) is 3.78. The summed E-state index contributed by atoms with van der Waals surface area (Å²) in [6, 6.07) is 18.3. The Morgan fingerprint density at radius 2 is 1.71 bits per heavy atom. The Kier molecular flexibility index (Phi) is 5.15. The molecular weight excluding hydrogens is 415 g/mol. The molecule has 0 saturated heterocycles. The molecule has 0 N–H and O–H groups in total. The minimum absolute atomic E-state index is 0.114. The number of hydrogen-bond donors (Lipinski definition) is 0. The molecule has 1 atom stereocenters. The third-order valence-electron chi connectivity index (χ3n) is 4.71. The molecular formula is C22H15Cl3N2O. The van der Waals surface area contributed by atoms with Gasteiger partial charge in [0.25, 0.3) is 5.56 Å². The number of benzene rings is 2. The number of rotatable bonds is 3. The van der Waals surface area contributed by atoms with E-state index in [4.69, 9.17) is 34.8 Å². The van der Waals surface area contributed by atoms with E-state index in [1.54, 1.807) is 42.1 Å². The van der Waals surface area contributed by atoms with Crippen LogP contribution in [0.15, 0.2) is 71.7 Å². The second-order valence-corrected chi connectivity index (χ2v) is 7.82. The van der Waals surface area contributed by atoms with E-state index < -0.39 is 5.38 Å². The van der Waals surface area contributed by atoms with E-state index in [1.165, 1.54) is 0 Å². The van der Waals surface area contributed by atoms with Crippen LogP contribution in [0.25, 0.3) is 22.0 Å². The number of fused-ring (bicyclic) bond motifs is 1. The number of nitrogens with zero attached hydrogens (tertiary/aromatic N) is 2. The average Bonchev–Trinajstić information content (AvgIpc) is 2.70. The Morgan fingerprint density at radius 3 is 2.43 bits per heavy atom. The molecule has 0 fully saturated rings. The van der Waals surface area contributed by atoms with E-state index in [2.05, 4.69) is 4.98 Å². The van der Waals surface area contributed by atoms with Gasteiger partial charge < -0.3 is 4.57 Å². The lowest BCUT2D eigenvalue weighted by atomic mass is 10.00. The minimum Gasteiger partial charge on any atom is -0.310 e. The Morgan fingerprint density at radius 1 is 0.964 bits per heavy atom. The van der Waals surface area contributed by atoms with Crippen molar-refractivity contribution in [2.45, 2.75) is 5.38 Å². The summed E-state index contributed by atoms with van der Waals surface area (Å²) in [5, 5.41) is 1.70. The Hall–Kier alpha value is -2.33. The van der Waals surface area contributed by atoms with Gasteiger partial charge in [0.05, 0.1) is 17.4 Å². The van der Waals surface area contributed by atoms with Crippen LogP contribution in [-0.4, -0.2) is 9.55 Å². The van der Waals surface area contributed by atoms with Crippen LogP contribution in [0, 0.1) is 0 Å². The first-order valence-electron chi connectivity index (χ1n) is 8.59. The van der Waals surface area contributed by atoms with Crippen molar-refractivity contribution >= 4 is 45.7 Å². The largest absolute Gasteiger partial charge is 0.310 e. The number of alkyl halides is 1. The fraction of sp³-hybridized carbons (Fsp3) is 0.0909. The van der Waals surface area contributed by atoms with E-state index in [-0.39, 0.29) is 5.56 Å². The van der Waals surface area contributed by atoms with Crippen molar-refractivity contribution in [1.29, 1.82) is 0 Å². The van der Waals surface area contributed by atoms with Crippen LogP contribution in [0.3, 0.4) is 0 Å². The molecule has 1 unspecified atom stereocenters. The van der Waals surface area contributed by atoms with Crippen LogP contribution in [0.4, 0.5) is 0 Å². The standard InChI is InChI=1S/C22H15Cl3N2O/c1-27-20-12-26-19(22(25)13-5-7-15(23)8-6-13)10-18(20)17(11-21(27)28)14-3-2-4-16(24)9-14/h2-12,22H,1H3. The molecule has 2 aromatic carbocycles. The maximum absolute atomic E-state index is 12.4. The molecule has 2 aromatic heterocycles. The van der Waals surface area contributed by atoms with Gasteiger partial charge in [-0.15, -0.1) is 11.6 Å². The summed E-state index contributed by atoms with van der Waals surface area (Å²) >= 11 is 18.8. The summed E-state index contributed by atoms with van der Waals surface area (Å²) in [5.41, 5.74) is 3.86. The molecule has 4 rings (SSSR count). The summed E-state index contributed by atoms with van der Waals surface area (Å²) < 4.78 is 1.58. The second kappa shape index (κ2) is 7.59. The van der Waals surface area contributed by atoms with Crippen molar-refractivity contribution in [3.8, 4) is 11.1 Å². The number of hydrogen-bond acceptors (Lipinski definition) is 2.